The molecule has 0 spiro atoms. The summed E-state index contributed by atoms with van der Waals surface area (Å²) >= 11 is 0. The van der Waals surface area contributed by atoms with E-state index in [0.717, 1.165) is 11.3 Å². The van der Waals surface area contributed by atoms with Gasteiger partial charge in [-0.15, -0.1) is 0 Å². The molecule has 2 aliphatic heterocycles. The highest BCUT2D eigenvalue weighted by Crippen LogP contribution is 2.25. The number of benzene rings is 2. The van der Waals surface area contributed by atoms with E-state index in [1.54, 1.807) is 17.0 Å². The van der Waals surface area contributed by atoms with Crippen molar-refractivity contribution in [2.45, 2.75) is 26.7 Å². The zero-order valence-electron chi connectivity index (χ0n) is 17.4. The SMILES string of the molecule is COC(=O)c1cn(-c2ccc(C(C)C)cc2)cc2c(=O)n(-c3cccc(C)c3)nc1-2. The van der Waals surface area contributed by atoms with Crippen LogP contribution in [0.3, 0.4) is 0 Å². The molecule has 0 atom stereocenters. The predicted molar refractivity (Wildman–Crippen MR) is 116 cm³/mol. The largest absolute Gasteiger partial charge is 0.465 e. The molecule has 0 radical (unpaired) electrons. The molecule has 2 heterocycles. The maximum absolute atomic E-state index is 13.2. The number of carbonyl (C=O) groups excluding carboxylic acids is 1. The average Bonchev–Trinajstić information content (AvgIpc) is 3.09. The van der Waals surface area contributed by atoms with E-state index in [1.807, 2.05) is 55.5 Å². The summed E-state index contributed by atoms with van der Waals surface area (Å²) in [6, 6.07) is 15.5. The van der Waals surface area contributed by atoms with Crippen molar-refractivity contribution >= 4 is 5.97 Å². The smallest absolute Gasteiger partial charge is 0.341 e. The summed E-state index contributed by atoms with van der Waals surface area (Å²) in [5, 5.41) is 4.45. The normalized spacial score (nSPS) is 11.2. The molecule has 0 bridgehead atoms. The Morgan fingerprint density at radius 2 is 1.77 bits per heavy atom. The molecule has 4 rings (SSSR count). The predicted octanol–water partition coefficient (Wildman–Crippen LogP) is 4.35. The summed E-state index contributed by atoms with van der Waals surface area (Å²) in [6.45, 7) is 6.21. The zero-order chi connectivity index (χ0) is 21.4. The highest BCUT2D eigenvalue weighted by molar-refractivity contribution is 5.96. The third-order valence-electron chi connectivity index (χ3n) is 5.18. The number of hydrogen-bond donors (Lipinski definition) is 0. The van der Waals surface area contributed by atoms with Crippen LogP contribution in [0.4, 0.5) is 0 Å². The average molecular weight is 401 g/mol. The Labute approximate surface area is 174 Å². The summed E-state index contributed by atoms with van der Waals surface area (Å²) in [5.74, 6) is -0.125. The van der Waals surface area contributed by atoms with Gasteiger partial charge in [-0.3, -0.25) is 4.79 Å². The second kappa shape index (κ2) is 7.63. The first-order valence-corrected chi connectivity index (χ1v) is 9.79. The number of hydrogen-bond acceptors (Lipinski definition) is 4. The van der Waals surface area contributed by atoms with Gasteiger partial charge < -0.3 is 9.30 Å². The molecule has 0 fully saturated rings. The molecule has 0 saturated heterocycles. The molecular weight excluding hydrogens is 378 g/mol. The zero-order valence-corrected chi connectivity index (χ0v) is 17.4. The third kappa shape index (κ3) is 3.41. The molecule has 0 aliphatic carbocycles. The highest BCUT2D eigenvalue weighted by atomic mass is 16.5. The highest BCUT2D eigenvalue weighted by Gasteiger charge is 2.25. The quantitative estimate of drug-likeness (QED) is 0.477. The minimum Gasteiger partial charge on any atom is -0.465 e. The first-order valence-electron chi connectivity index (χ1n) is 9.79. The number of pyridine rings is 1. The van der Waals surface area contributed by atoms with E-state index >= 15 is 0 Å². The van der Waals surface area contributed by atoms with Crippen LogP contribution in [0.25, 0.3) is 22.6 Å². The van der Waals surface area contributed by atoms with Crippen molar-refractivity contribution in [1.29, 1.82) is 0 Å². The van der Waals surface area contributed by atoms with E-state index in [0.29, 0.717) is 22.9 Å². The molecule has 6 nitrogen and oxygen atoms in total. The van der Waals surface area contributed by atoms with Gasteiger partial charge in [-0.05, 0) is 48.2 Å². The lowest BCUT2D eigenvalue weighted by Crippen LogP contribution is -2.15. The fourth-order valence-electron chi connectivity index (χ4n) is 3.48. The number of nitrogens with zero attached hydrogens (tertiary/aromatic N) is 3. The molecule has 30 heavy (non-hydrogen) atoms. The van der Waals surface area contributed by atoms with Crippen LogP contribution < -0.4 is 5.56 Å². The van der Waals surface area contributed by atoms with Crippen molar-refractivity contribution in [3.8, 4) is 22.6 Å². The Morgan fingerprint density at radius 1 is 1.03 bits per heavy atom. The van der Waals surface area contributed by atoms with E-state index in [1.165, 1.54) is 17.4 Å². The van der Waals surface area contributed by atoms with Gasteiger partial charge in [0.25, 0.3) is 5.56 Å². The number of methoxy groups -OCH3 is 1. The van der Waals surface area contributed by atoms with Crippen LogP contribution in [0, 0.1) is 6.92 Å². The Hall–Kier alpha value is -3.67. The van der Waals surface area contributed by atoms with Gasteiger partial charge in [-0.2, -0.15) is 9.78 Å². The molecule has 2 aromatic rings. The summed E-state index contributed by atoms with van der Waals surface area (Å²) < 4.78 is 8.05. The van der Waals surface area contributed by atoms with Crippen molar-refractivity contribution in [3.05, 3.63) is 88.0 Å². The lowest BCUT2D eigenvalue weighted by atomic mass is 10.0. The first-order chi connectivity index (χ1) is 14.4. The second-order valence-electron chi connectivity index (χ2n) is 7.64. The molecule has 0 unspecified atom stereocenters. The van der Waals surface area contributed by atoms with E-state index in [2.05, 4.69) is 18.9 Å². The standard InChI is InChI=1S/C24H23N3O3/c1-15(2)17-8-10-18(11-9-17)26-13-20-22(21(14-26)24(29)30-4)25-27(23(20)28)19-7-5-6-16(3)12-19/h5-15H,1-4H3. The molecule has 6 heteroatoms. The molecular formula is C24H23N3O3. The van der Waals surface area contributed by atoms with Crippen molar-refractivity contribution in [3.63, 3.8) is 0 Å². The van der Waals surface area contributed by atoms with Crippen LogP contribution in [0.2, 0.25) is 0 Å². The fraction of sp³-hybridized carbons (Fsp3) is 0.208. The third-order valence-corrected chi connectivity index (χ3v) is 5.18. The minimum atomic E-state index is -0.540. The van der Waals surface area contributed by atoms with Crippen LogP contribution in [-0.4, -0.2) is 27.4 Å². The number of ether oxygens (including phenoxy) is 1. The lowest BCUT2D eigenvalue weighted by Gasteiger charge is -2.13. The maximum atomic E-state index is 13.2. The van der Waals surface area contributed by atoms with Crippen molar-refractivity contribution < 1.29 is 9.53 Å². The Morgan fingerprint density at radius 3 is 2.40 bits per heavy atom. The Kier molecular flexibility index (Phi) is 4.99. The van der Waals surface area contributed by atoms with Crippen molar-refractivity contribution in [1.82, 2.24) is 14.3 Å². The van der Waals surface area contributed by atoms with Crippen LogP contribution in [-0.2, 0) is 4.74 Å². The Bertz CT molecular complexity index is 1250. The van der Waals surface area contributed by atoms with Crippen molar-refractivity contribution in [2.24, 2.45) is 0 Å². The van der Waals surface area contributed by atoms with Gasteiger partial charge >= 0.3 is 5.97 Å². The summed E-state index contributed by atoms with van der Waals surface area (Å²) in [7, 11) is 1.32. The lowest BCUT2D eigenvalue weighted by molar-refractivity contribution is 0.0600. The van der Waals surface area contributed by atoms with E-state index < -0.39 is 5.97 Å². The fourth-order valence-corrected chi connectivity index (χ4v) is 3.48. The minimum absolute atomic E-state index is 0.242. The monoisotopic (exact) mass is 401 g/mol. The molecule has 0 N–H and O–H groups in total. The van der Waals surface area contributed by atoms with Gasteiger partial charge in [0.1, 0.15) is 11.3 Å². The van der Waals surface area contributed by atoms with Crippen molar-refractivity contribution in [2.75, 3.05) is 7.11 Å². The first kappa shape index (κ1) is 19.6. The number of esters is 1. The maximum Gasteiger partial charge on any atom is 0.341 e. The van der Waals surface area contributed by atoms with E-state index in [-0.39, 0.29) is 11.1 Å². The molecule has 152 valence electrons. The topological polar surface area (TPSA) is 66.1 Å². The van der Waals surface area contributed by atoms with Crippen LogP contribution in [0.5, 0.6) is 0 Å². The van der Waals surface area contributed by atoms with Crippen LogP contribution in [0.15, 0.2) is 65.7 Å². The van der Waals surface area contributed by atoms with Gasteiger partial charge in [-0.1, -0.05) is 38.1 Å². The number of carbonyl (C=O) groups is 1. The molecule has 2 aromatic carbocycles. The van der Waals surface area contributed by atoms with Gasteiger partial charge in [0.2, 0.25) is 0 Å². The Balaban J connectivity index is 1.94. The molecule has 0 saturated carbocycles. The van der Waals surface area contributed by atoms with E-state index in [4.69, 9.17) is 4.74 Å². The number of fused-ring (bicyclic) bond motifs is 1. The number of rotatable bonds is 4. The number of aryl methyl sites for hydroxylation is 1. The summed E-state index contributed by atoms with van der Waals surface area (Å²) in [6.07, 6.45) is 3.37. The summed E-state index contributed by atoms with van der Waals surface area (Å²) in [4.78, 5) is 25.6. The second-order valence-corrected chi connectivity index (χ2v) is 7.64. The van der Waals surface area contributed by atoms with Gasteiger partial charge in [-0.25, -0.2) is 4.79 Å². The van der Waals surface area contributed by atoms with E-state index in [9.17, 15) is 9.59 Å². The van der Waals surface area contributed by atoms with Crippen LogP contribution in [0.1, 0.15) is 41.3 Å². The van der Waals surface area contributed by atoms with Gasteiger partial charge in [0.15, 0.2) is 0 Å². The molecule has 2 aliphatic rings. The summed E-state index contributed by atoms with van der Waals surface area (Å²) in [5.41, 5.74) is 4.36. The van der Waals surface area contributed by atoms with Crippen LogP contribution >= 0.6 is 0 Å². The number of aromatic nitrogens is 3. The van der Waals surface area contributed by atoms with Gasteiger partial charge in [0.05, 0.1) is 18.4 Å². The molecule has 0 amide bonds. The van der Waals surface area contributed by atoms with Gasteiger partial charge in [0, 0.05) is 18.1 Å². The molecule has 0 aromatic heterocycles.